The Morgan fingerprint density at radius 1 is 1.30 bits per heavy atom. The largest absolute Gasteiger partial charge is 0.464 e. The molecule has 0 aliphatic carbocycles. The summed E-state index contributed by atoms with van der Waals surface area (Å²) in [6, 6.07) is 9.40. The van der Waals surface area contributed by atoms with E-state index in [1.54, 1.807) is 31.2 Å². The van der Waals surface area contributed by atoms with E-state index in [9.17, 15) is 13.5 Å². The lowest BCUT2D eigenvalue weighted by molar-refractivity contribution is 0.152. The van der Waals surface area contributed by atoms with Crippen LogP contribution in [0, 0.1) is 6.92 Å². The number of halogens is 1. The van der Waals surface area contributed by atoms with Crippen molar-refractivity contribution in [3.05, 3.63) is 52.9 Å². The average Bonchev–Trinajstić information content (AvgIpc) is 2.83. The highest BCUT2D eigenvalue weighted by atomic mass is 35.5. The van der Waals surface area contributed by atoms with E-state index < -0.39 is 16.1 Å². The second-order valence-corrected chi connectivity index (χ2v) is 6.39. The van der Waals surface area contributed by atoms with Crippen LogP contribution >= 0.6 is 11.6 Å². The van der Waals surface area contributed by atoms with E-state index in [4.69, 9.17) is 16.0 Å². The van der Waals surface area contributed by atoms with Crippen molar-refractivity contribution < 1.29 is 17.9 Å². The van der Waals surface area contributed by atoms with Crippen LogP contribution in [0.25, 0.3) is 0 Å². The highest BCUT2D eigenvalue weighted by Crippen LogP contribution is 2.21. The molecule has 5 nitrogen and oxygen atoms in total. The van der Waals surface area contributed by atoms with Crippen LogP contribution in [0.15, 0.2) is 45.7 Å². The van der Waals surface area contributed by atoms with Gasteiger partial charge in [0.1, 0.15) is 22.5 Å². The average molecular weight is 316 g/mol. The lowest BCUT2D eigenvalue weighted by Crippen LogP contribution is -2.28. The fraction of sp³-hybridized carbons (Fsp3) is 0.231. The molecule has 2 aromatic rings. The van der Waals surface area contributed by atoms with Gasteiger partial charge in [-0.1, -0.05) is 23.7 Å². The molecule has 0 fully saturated rings. The Kier molecular flexibility index (Phi) is 4.49. The summed E-state index contributed by atoms with van der Waals surface area (Å²) < 4.78 is 31.6. The van der Waals surface area contributed by atoms with Gasteiger partial charge in [-0.15, -0.1) is 0 Å². The molecule has 1 atom stereocenters. The lowest BCUT2D eigenvalue weighted by atomic mass is 10.3. The number of hydrogen-bond acceptors (Lipinski definition) is 4. The second-order valence-electron chi connectivity index (χ2n) is 4.25. The van der Waals surface area contributed by atoms with E-state index in [2.05, 4.69) is 4.72 Å². The Balaban J connectivity index is 2.08. The Morgan fingerprint density at radius 3 is 2.60 bits per heavy atom. The Labute approximate surface area is 122 Å². The predicted octanol–water partition coefficient (Wildman–Crippen LogP) is 2.25. The maximum absolute atomic E-state index is 12.1. The monoisotopic (exact) mass is 315 g/mol. The Hall–Kier alpha value is -1.34. The van der Waals surface area contributed by atoms with E-state index in [1.807, 2.05) is 0 Å². The van der Waals surface area contributed by atoms with Crippen LogP contribution in [-0.4, -0.2) is 20.1 Å². The first kappa shape index (κ1) is 15.1. The highest BCUT2D eigenvalue weighted by Gasteiger charge is 2.20. The number of aryl methyl sites for hydroxylation is 1. The van der Waals surface area contributed by atoms with Crippen molar-refractivity contribution in [1.82, 2.24) is 4.72 Å². The van der Waals surface area contributed by atoms with Crippen LogP contribution in [0.1, 0.15) is 17.6 Å². The van der Waals surface area contributed by atoms with E-state index in [0.717, 1.165) is 0 Å². The zero-order valence-corrected chi connectivity index (χ0v) is 12.3. The van der Waals surface area contributed by atoms with E-state index in [1.165, 1.54) is 12.1 Å². The van der Waals surface area contributed by atoms with Crippen molar-refractivity contribution in [2.24, 2.45) is 0 Å². The summed E-state index contributed by atoms with van der Waals surface area (Å²) in [5.74, 6) is 0.956. The summed E-state index contributed by atoms with van der Waals surface area (Å²) in [5.41, 5.74) is 0. The van der Waals surface area contributed by atoms with Crippen LogP contribution in [0.4, 0.5) is 0 Å². The normalized spacial score (nSPS) is 13.3. The third kappa shape index (κ3) is 3.40. The van der Waals surface area contributed by atoms with Crippen LogP contribution in [0.5, 0.6) is 0 Å². The zero-order valence-electron chi connectivity index (χ0n) is 10.7. The summed E-state index contributed by atoms with van der Waals surface area (Å²) >= 11 is 5.84. The maximum Gasteiger partial charge on any atom is 0.242 e. The van der Waals surface area contributed by atoms with Crippen molar-refractivity contribution in [2.45, 2.75) is 17.9 Å². The molecule has 7 heteroatoms. The van der Waals surface area contributed by atoms with Gasteiger partial charge in [0.05, 0.1) is 5.02 Å². The third-order valence-electron chi connectivity index (χ3n) is 2.68. The number of aliphatic hydroxyl groups is 1. The molecule has 1 unspecified atom stereocenters. The van der Waals surface area contributed by atoms with Gasteiger partial charge in [0.25, 0.3) is 0 Å². The number of rotatable bonds is 5. The number of benzene rings is 1. The molecule has 0 spiro atoms. The summed E-state index contributed by atoms with van der Waals surface area (Å²) in [6.07, 6.45) is -1.05. The standard InChI is InChI=1S/C13H14ClNO4S/c1-9-6-7-12(19-9)11(16)8-15-20(17,18)13-5-3-2-4-10(13)14/h2-7,11,15-16H,8H2,1H3. The van der Waals surface area contributed by atoms with Crippen molar-refractivity contribution in [3.8, 4) is 0 Å². The lowest BCUT2D eigenvalue weighted by Gasteiger charge is -2.11. The van der Waals surface area contributed by atoms with Gasteiger partial charge in [0.15, 0.2) is 0 Å². The molecule has 1 aromatic carbocycles. The number of furan rings is 1. The first-order valence-corrected chi connectivity index (χ1v) is 7.75. The fourth-order valence-electron chi connectivity index (χ4n) is 1.66. The molecular formula is C13H14ClNO4S. The molecule has 0 radical (unpaired) electrons. The first-order valence-electron chi connectivity index (χ1n) is 5.89. The molecule has 108 valence electrons. The molecule has 20 heavy (non-hydrogen) atoms. The third-order valence-corrected chi connectivity index (χ3v) is 4.61. The summed E-state index contributed by atoms with van der Waals surface area (Å²) in [5, 5.41) is 9.99. The van der Waals surface area contributed by atoms with Crippen LogP contribution in [-0.2, 0) is 10.0 Å². The van der Waals surface area contributed by atoms with Gasteiger partial charge in [-0.2, -0.15) is 0 Å². The van der Waals surface area contributed by atoms with Gasteiger partial charge in [-0.05, 0) is 31.2 Å². The van der Waals surface area contributed by atoms with Gasteiger partial charge >= 0.3 is 0 Å². The van der Waals surface area contributed by atoms with Gasteiger partial charge in [-0.25, -0.2) is 13.1 Å². The SMILES string of the molecule is Cc1ccc(C(O)CNS(=O)(=O)c2ccccc2Cl)o1. The van der Waals surface area contributed by atoms with Crippen molar-refractivity contribution >= 4 is 21.6 Å². The van der Waals surface area contributed by atoms with Crippen molar-refractivity contribution in [1.29, 1.82) is 0 Å². The minimum Gasteiger partial charge on any atom is -0.464 e. The zero-order chi connectivity index (χ0) is 14.8. The quantitative estimate of drug-likeness (QED) is 0.887. The Morgan fingerprint density at radius 2 is 2.00 bits per heavy atom. The molecule has 0 saturated carbocycles. The van der Waals surface area contributed by atoms with Crippen LogP contribution in [0.3, 0.4) is 0 Å². The highest BCUT2D eigenvalue weighted by molar-refractivity contribution is 7.89. The smallest absolute Gasteiger partial charge is 0.242 e. The molecule has 2 N–H and O–H groups in total. The predicted molar refractivity (Wildman–Crippen MR) is 75.0 cm³/mol. The van der Waals surface area contributed by atoms with Gasteiger partial charge in [0, 0.05) is 6.54 Å². The minimum atomic E-state index is -3.77. The molecule has 0 saturated heterocycles. The number of aliphatic hydroxyl groups excluding tert-OH is 1. The molecule has 0 amide bonds. The molecule has 0 aliphatic rings. The van der Waals surface area contributed by atoms with Crippen molar-refractivity contribution in [3.63, 3.8) is 0 Å². The van der Waals surface area contributed by atoms with Gasteiger partial charge in [0.2, 0.25) is 10.0 Å². The molecular weight excluding hydrogens is 302 g/mol. The Bertz CT molecular complexity index is 696. The summed E-state index contributed by atoms with van der Waals surface area (Å²) in [4.78, 5) is -0.0236. The van der Waals surface area contributed by atoms with Gasteiger partial charge in [-0.3, -0.25) is 0 Å². The molecule has 0 bridgehead atoms. The number of sulfonamides is 1. The fourth-order valence-corrected chi connectivity index (χ4v) is 3.22. The minimum absolute atomic E-state index is 0.0236. The maximum atomic E-state index is 12.1. The molecule has 0 aliphatic heterocycles. The van der Waals surface area contributed by atoms with Gasteiger partial charge < -0.3 is 9.52 Å². The topological polar surface area (TPSA) is 79.5 Å². The van der Waals surface area contributed by atoms with E-state index >= 15 is 0 Å². The number of nitrogens with one attached hydrogen (secondary N) is 1. The first-order chi connectivity index (χ1) is 9.40. The van der Waals surface area contributed by atoms with Crippen LogP contribution in [0.2, 0.25) is 5.02 Å². The number of hydrogen-bond donors (Lipinski definition) is 2. The molecule has 2 rings (SSSR count). The summed E-state index contributed by atoms with van der Waals surface area (Å²) in [7, 11) is -3.77. The van der Waals surface area contributed by atoms with Crippen LogP contribution < -0.4 is 4.72 Å². The summed E-state index contributed by atoms with van der Waals surface area (Å²) in [6.45, 7) is 1.55. The molecule has 1 aromatic heterocycles. The van der Waals surface area contributed by atoms with E-state index in [0.29, 0.717) is 11.5 Å². The molecule has 1 heterocycles. The van der Waals surface area contributed by atoms with Crippen molar-refractivity contribution in [2.75, 3.05) is 6.54 Å². The van der Waals surface area contributed by atoms with E-state index in [-0.39, 0.29) is 16.5 Å². The second kappa shape index (κ2) is 5.97.